The van der Waals surface area contributed by atoms with Crippen molar-refractivity contribution in [1.82, 2.24) is 0 Å². The second-order valence-electron chi connectivity index (χ2n) is 4.65. The molecule has 0 heterocycles. The van der Waals surface area contributed by atoms with E-state index in [1.165, 1.54) is 0 Å². The number of aryl methyl sites for hydroxylation is 2. The molecule has 2 aromatic carbocycles. The standard InChI is InChI=1S/C16H15NO2/c1-11-6-8-13(9-7-11)16(18)15(17-19)14-5-3-4-12(2)10-14/h3-10,15H,1-2H3. The predicted octanol–water partition coefficient (Wildman–Crippen LogP) is 3.99. The molecule has 0 aromatic heterocycles. The molecule has 0 fully saturated rings. The van der Waals surface area contributed by atoms with Gasteiger partial charge in [-0.2, -0.15) is 0 Å². The van der Waals surface area contributed by atoms with E-state index in [1.54, 1.807) is 18.2 Å². The predicted molar refractivity (Wildman–Crippen MR) is 75.2 cm³/mol. The van der Waals surface area contributed by atoms with Gasteiger partial charge in [-0.15, -0.1) is 4.91 Å². The Morgan fingerprint density at radius 2 is 1.68 bits per heavy atom. The highest BCUT2D eigenvalue weighted by molar-refractivity contribution is 6.00. The third-order valence-corrected chi connectivity index (χ3v) is 3.05. The Kier molecular flexibility index (Phi) is 3.85. The molecule has 96 valence electrons. The molecule has 2 rings (SSSR count). The van der Waals surface area contributed by atoms with Gasteiger partial charge in [0.1, 0.15) is 0 Å². The van der Waals surface area contributed by atoms with Crippen LogP contribution in [0.2, 0.25) is 0 Å². The molecule has 3 heteroatoms. The van der Waals surface area contributed by atoms with Gasteiger partial charge in [0.2, 0.25) is 0 Å². The van der Waals surface area contributed by atoms with Crippen molar-refractivity contribution in [2.75, 3.05) is 0 Å². The van der Waals surface area contributed by atoms with E-state index in [-0.39, 0.29) is 5.78 Å². The van der Waals surface area contributed by atoms with Crippen LogP contribution in [0.4, 0.5) is 0 Å². The van der Waals surface area contributed by atoms with Crippen LogP contribution in [0.25, 0.3) is 0 Å². The van der Waals surface area contributed by atoms with Crippen molar-refractivity contribution in [2.45, 2.75) is 19.9 Å². The highest BCUT2D eigenvalue weighted by atomic mass is 16.3. The quantitative estimate of drug-likeness (QED) is 0.611. The van der Waals surface area contributed by atoms with Crippen LogP contribution in [0.3, 0.4) is 0 Å². The maximum Gasteiger partial charge on any atom is 0.195 e. The smallest absolute Gasteiger partial charge is 0.195 e. The monoisotopic (exact) mass is 253 g/mol. The first-order valence-corrected chi connectivity index (χ1v) is 6.11. The molecule has 2 aromatic rings. The van der Waals surface area contributed by atoms with Crippen LogP contribution in [-0.2, 0) is 0 Å². The summed E-state index contributed by atoms with van der Waals surface area (Å²) in [4.78, 5) is 23.3. The van der Waals surface area contributed by atoms with Crippen molar-refractivity contribution in [3.8, 4) is 0 Å². The van der Waals surface area contributed by atoms with Crippen LogP contribution in [0, 0.1) is 18.8 Å². The lowest BCUT2D eigenvalue weighted by atomic mass is 9.96. The van der Waals surface area contributed by atoms with Crippen molar-refractivity contribution < 1.29 is 4.79 Å². The Hall–Kier alpha value is -2.29. The maximum absolute atomic E-state index is 12.3. The van der Waals surface area contributed by atoms with Crippen LogP contribution >= 0.6 is 0 Å². The zero-order chi connectivity index (χ0) is 13.8. The summed E-state index contributed by atoms with van der Waals surface area (Å²) in [5, 5.41) is 3.00. The third-order valence-electron chi connectivity index (χ3n) is 3.05. The van der Waals surface area contributed by atoms with Gasteiger partial charge in [-0.1, -0.05) is 64.8 Å². The number of nitroso groups, excluding NO2 is 1. The second-order valence-corrected chi connectivity index (χ2v) is 4.65. The molecule has 1 atom stereocenters. The number of rotatable bonds is 4. The summed E-state index contributed by atoms with van der Waals surface area (Å²) in [6.45, 7) is 3.87. The van der Waals surface area contributed by atoms with Gasteiger partial charge >= 0.3 is 0 Å². The minimum absolute atomic E-state index is 0.263. The molecule has 0 aliphatic rings. The minimum atomic E-state index is -0.970. The summed E-state index contributed by atoms with van der Waals surface area (Å²) in [6.07, 6.45) is 0. The molecular weight excluding hydrogens is 238 g/mol. The Bertz CT molecular complexity index is 602. The summed E-state index contributed by atoms with van der Waals surface area (Å²) in [7, 11) is 0. The fourth-order valence-electron chi connectivity index (χ4n) is 1.98. The highest BCUT2D eigenvalue weighted by Gasteiger charge is 2.22. The van der Waals surface area contributed by atoms with E-state index in [0.29, 0.717) is 11.1 Å². The molecule has 1 unspecified atom stereocenters. The number of nitrogens with zero attached hydrogens (tertiary/aromatic N) is 1. The van der Waals surface area contributed by atoms with Gasteiger partial charge in [-0.05, 0) is 19.4 Å². The maximum atomic E-state index is 12.3. The fraction of sp³-hybridized carbons (Fsp3) is 0.188. The number of hydrogen-bond donors (Lipinski definition) is 0. The van der Waals surface area contributed by atoms with E-state index >= 15 is 0 Å². The number of carbonyl (C=O) groups excluding carboxylic acids is 1. The van der Waals surface area contributed by atoms with E-state index < -0.39 is 6.04 Å². The third kappa shape index (κ3) is 2.94. The lowest BCUT2D eigenvalue weighted by Crippen LogP contribution is -2.10. The number of Topliss-reactive ketones (excluding diaryl/α,β-unsaturated/α-hetero) is 1. The van der Waals surface area contributed by atoms with Crippen LogP contribution in [0.5, 0.6) is 0 Å². The van der Waals surface area contributed by atoms with Crippen LogP contribution in [-0.4, -0.2) is 5.78 Å². The van der Waals surface area contributed by atoms with E-state index in [2.05, 4.69) is 5.18 Å². The van der Waals surface area contributed by atoms with Crippen molar-refractivity contribution in [3.63, 3.8) is 0 Å². The van der Waals surface area contributed by atoms with Gasteiger partial charge in [-0.3, -0.25) is 4.79 Å². The van der Waals surface area contributed by atoms with Crippen molar-refractivity contribution in [1.29, 1.82) is 0 Å². The van der Waals surface area contributed by atoms with Gasteiger partial charge in [0, 0.05) is 5.56 Å². The van der Waals surface area contributed by atoms with Crippen LogP contribution in [0.1, 0.15) is 33.1 Å². The van der Waals surface area contributed by atoms with Gasteiger partial charge in [-0.25, -0.2) is 0 Å². The average Bonchev–Trinajstić information content (AvgIpc) is 2.40. The highest BCUT2D eigenvalue weighted by Crippen LogP contribution is 2.23. The molecule has 3 nitrogen and oxygen atoms in total. The molecule has 0 N–H and O–H groups in total. The number of benzene rings is 2. The van der Waals surface area contributed by atoms with Crippen molar-refractivity contribution >= 4 is 5.78 Å². The summed E-state index contributed by atoms with van der Waals surface area (Å²) in [5.41, 5.74) is 3.22. The van der Waals surface area contributed by atoms with E-state index in [0.717, 1.165) is 11.1 Å². The molecule has 0 amide bonds. The summed E-state index contributed by atoms with van der Waals surface area (Å²) in [6, 6.07) is 13.5. The lowest BCUT2D eigenvalue weighted by molar-refractivity contribution is 0.0962. The first kappa shape index (κ1) is 13.1. The molecule has 0 radical (unpaired) electrons. The topological polar surface area (TPSA) is 46.5 Å². The molecular formula is C16H15NO2. The number of hydrogen-bond acceptors (Lipinski definition) is 3. The first-order valence-electron chi connectivity index (χ1n) is 6.11. The van der Waals surface area contributed by atoms with Gasteiger partial charge in [0.25, 0.3) is 0 Å². The van der Waals surface area contributed by atoms with Crippen LogP contribution in [0.15, 0.2) is 53.7 Å². The average molecular weight is 253 g/mol. The Balaban J connectivity index is 2.34. The summed E-state index contributed by atoms with van der Waals surface area (Å²) < 4.78 is 0. The Morgan fingerprint density at radius 1 is 1.00 bits per heavy atom. The lowest BCUT2D eigenvalue weighted by Gasteiger charge is -2.09. The van der Waals surface area contributed by atoms with E-state index in [9.17, 15) is 9.70 Å². The number of carbonyl (C=O) groups is 1. The van der Waals surface area contributed by atoms with Crippen molar-refractivity contribution in [2.24, 2.45) is 5.18 Å². The Labute approximate surface area is 112 Å². The SMILES string of the molecule is Cc1ccc(C(=O)C(N=O)c2cccc(C)c2)cc1. The van der Waals surface area contributed by atoms with Crippen LogP contribution < -0.4 is 0 Å². The molecule has 19 heavy (non-hydrogen) atoms. The van der Waals surface area contributed by atoms with E-state index in [4.69, 9.17) is 0 Å². The van der Waals surface area contributed by atoms with Gasteiger partial charge < -0.3 is 0 Å². The zero-order valence-electron chi connectivity index (χ0n) is 11.0. The Morgan fingerprint density at radius 3 is 2.26 bits per heavy atom. The molecule has 0 aliphatic carbocycles. The minimum Gasteiger partial charge on any atom is -0.291 e. The number of ketones is 1. The summed E-state index contributed by atoms with van der Waals surface area (Å²) in [5.74, 6) is -0.263. The van der Waals surface area contributed by atoms with Crippen molar-refractivity contribution in [3.05, 3.63) is 75.7 Å². The van der Waals surface area contributed by atoms with Gasteiger partial charge in [0.15, 0.2) is 11.8 Å². The molecule has 0 spiro atoms. The second kappa shape index (κ2) is 5.57. The fourth-order valence-corrected chi connectivity index (χ4v) is 1.98. The summed E-state index contributed by atoms with van der Waals surface area (Å²) >= 11 is 0. The molecule has 0 bridgehead atoms. The van der Waals surface area contributed by atoms with E-state index in [1.807, 2.05) is 44.2 Å². The normalized spacial score (nSPS) is 11.9. The first-order chi connectivity index (χ1) is 9.11. The molecule has 0 saturated carbocycles. The largest absolute Gasteiger partial charge is 0.291 e. The zero-order valence-corrected chi connectivity index (χ0v) is 11.0. The molecule has 0 saturated heterocycles. The van der Waals surface area contributed by atoms with Gasteiger partial charge in [0.05, 0.1) is 0 Å². The molecule has 0 aliphatic heterocycles.